The molecule has 0 aliphatic carbocycles. The van der Waals surface area contributed by atoms with E-state index in [0.717, 1.165) is 25.8 Å². The Labute approximate surface area is 113 Å². The summed E-state index contributed by atoms with van der Waals surface area (Å²) in [5.74, 6) is -0.521. The summed E-state index contributed by atoms with van der Waals surface area (Å²) >= 11 is 0. The van der Waals surface area contributed by atoms with Crippen molar-refractivity contribution in [2.75, 3.05) is 18.4 Å². The third kappa shape index (κ3) is 3.77. The Hall–Kier alpha value is -1.42. The quantitative estimate of drug-likeness (QED) is 0.906. The number of halogens is 1. The fourth-order valence-electron chi connectivity index (χ4n) is 2.67. The van der Waals surface area contributed by atoms with Gasteiger partial charge < -0.3 is 5.32 Å². The van der Waals surface area contributed by atoms with Crippen LogP contribution in [0, 0.1) is 5.82 Å². The number of hydrogen-bond acceptors (Lipinski definition) is 2. The summed E-state index contributed by atoms with van der Waals surface area (Å²) in [4.78, 5) is 14.2. The third-order valence-electron chi connectivity index (χ3n) is 3.71. The average molecular weight is 264 g/mol. The molecule has 1 aromatic carbocycles. The fourth-order valence-corrected chi connectivity index (χ4v) is 2.67. The van der Waals surface area contributed by atoms with E-state index >= 15 is 0 Å². The van der Waals surface area contributed by atoms with Crippen LogP contribution in [0.25, 0.3) is 0 Å². The zero-order valence-electron chi connectivity index (χ0n) is 11.4. The van der Waals surface area contributed by atoms with E-state index < -0.39 is 0 Å². The lowest BCUT2D eigenvalue weighted by atomic mass is 10.00. The topological polar surface area (TPSA) is 32.3 Å². The van der Waals surface area contributed by atoms with Gasteiger partial charge in [-0.1, -0.05) is 25.5 Å². The molecule has 1 heterocycles. The van der Waals surface area contributed by atoms with E-state index in [1.54, 1.807) is 18.2 Å². The second kappa shape index (κ2) is 6.66. The van der Waals surface area contributed by atoms with Gasteiger partial charge in [-0.25, -0.2) is 4.39 Å². The first-order valence-electron chi connectivity index (χ1n) is 6.99. The molecule has 1 unspecified atom stereocenters. The van der Waals surface area contributed by atoms with Gasteiger partial charge in [0.2, 0.25) is 5.91 Å². The van der Waals surface area contributed by atoms with Crippen molar-refractivity contribution in [3.8, 4) is 0 Å². The number of nitrogens with one attached hydrogen (secondary N) is 1. The Morgan fingerprint density at radius 3 is 2.95 bits per heavy atom. The van der Waals surface area contributed by atoms with Gasteiger partial charge in [0.05, 0.1) is 12.2 Å². The highest BCUT2D eigenvalue weighted by Crippen LogP contribution is 2.19. The SMILES string of the molecule is CCC1CCCCN1CC(=O)Nc1ccccc1F. The van der Waals surface area contributed by atoms with Crippen LogP contribution >= 0.6 is 0 Å². The standard InChI is InChI=1S/C15H21FN2O/c1-2-12-7-5-6-10-18(12)11-15(19)17-14-9-4-3-8-13(14)16/h3-4,8-9,12H,2,5-7,10-11H2,1H3,(H,17,19). The molecule has 1 aromatic rings. The zero-order chi connectivity index (χ0) is 13.7. The molecular formula is C15H21FN2O. The Bertz CT molecular complexity index is 436. The van der Waals surface area contributed by atoms with Gasteiger partial charge in [0.1, 0.15) is 5.82 Å². The van der Waals surface area contributed by atoms with Crippen molar-refractivity contribution in [1.82, 2.24) is 4.90 Å². The summed E-state index contributed by atoms with van der Waals surface area (Å²) in [5.41, 5.74) is 0.262. The van der Waals surface area contributed by atoms with E-state index in [9.17, 15) is 9.18 Å². The van der Waals surface area contributed by atoms with Crippen molar-refractivity contribution < 1.29 is 9.18 Å². The van der Waals surface area contributed by atoms with E-state index in [1.165, 1.54) is 12.5 Å². The highest BCUT2D eigenvalue weighted by molar-refractivity contribution is 5.92. The summed E-state index contributed by atoms with van der Waals surface area (Å²) in [7, 11) is 0. The largest absolute Gasteiger partial charge is 0.322 e. The second-order valence-electron chi connectivity index (χ2n) is 5.06. The van der Waals surface area contributed by atoms with E-state index in [1.807, 2.05) is 0 Å². The molecule has 1 atom stereocenters. The molecular weight excluding hydrogens is 243 g/mol. The Morgan fingerprint density at radius 1 is 1.42 bits per heavy atom. The predicted molar refractivity (Wildman–Crippen MR) is 74.5 cm³/mol. The Kier molecular flexibility index (Phi) is 4.91. The Balaban J connectivity index is 1.92. The first-order valence-corrected chi connectivity index (χ1v) is 6.99. The van der Waals surface area contributed by atoms with Crippen molar-refractivity contribution in [3.05, 3.63) is 30.1 Å². The molecule has 2 rings (SSSR count). The van der Waals surface area contributed by atoms with Crippen LogP contribution in [0.4, 0.5) is 10.1 Å². The van der Waals surface area contributed by atoms with E-state index in [-0.39, 0.29) is 17.4 Å². The number of carbonyl (C=O) groups is 1. The number of likely N-dealkylation sites (tertiary alicyclic amines) is 1. The molecule has 3 nitrogen and oxygen atoms in total. The maximum Gasteiger partial charge on any atom is 0.238 e. The number of hydrogen-bond donors (Lipinski definition) is 1. The highest BCUT2D eigenvalue weighted by atomic mass is 19.1. The van der Waals surface area contributed by atoms with Gasteiger partial charge in [0.25, 0.3) is 0 Å². The predicted octanol–water partition coefficient (Wildman–Crippen LogP) is 3.03. The molecule has 1 N–H and O–H groups in total. The van der Waals surface area contributed by atoms with Crippen LogP contribution in [-0.2, 0) is 4.79 Å². The minimum Gasteiger partial charge on any atom is -0.322 e. The van der Waals surface area contributed by atoms with Crippen LogP contribution in [-0.4, -0.2) is 29.9 Å². The number of piperidine rings is 1. The monoisotopic (exact) mass is 264 g/mol. The number of carbonyl (C=O) groups excluding carboxylic acids is 1. The van der Waals surface area contributed by atoms with E-state index in [4.69, 9.17) is 0 Å². The van der Waals surface area contributed by atoms with Crippen molar-refractivity contribution in [2.24, 2.45) is 0 Å². The summed E-state index contributed by atoms with van der Waals surface area (Å²) in [5, 5.41) is 2.65. The lowest BCUT2D eigenvalue weighted by Crippen LogP contribution is -2.43. The van der Waals surface area contributed by atoms with Crippen LogP contribution in [0.5, 0.6) is 0 Å². The van der Waals surface area contributed by atoms with Gasteiger partial charge in [-0.05, 0) is 37.9 Å². The van der Waals surface area contributed by atoms with Crippen LogP contribution in [0.15, 0.2) is 24.3 Å². The summed E-state index contributed by atoms with van der Waals surface area (Å²) in [6.45, 7) is 3.47. The average Bonchev–Trinajstić information content (AvgIpc) is 2.42. The van der Waals surface area contributed by atoms with Gasteiger partial charge in [-0.15, -0.1) is 0 Å². The number of rotatable bonds is 4. The normalized spacial score (nSPS) is 20.2. The number of benzene rings is 1. The van der Waals surface area contributed by atoms with Crippen molar-refractivity contribution in [2.45, 2.75) is 38.6 Å². The summed E-state index contributed by atoms with van der Waals surface area (Å²) < 4.78 is 13.4. The van der Waals surface area contributed by atoms with E-state index in [0.29, 0.717) is 12.6 Å². The smallest absolute Gasteiger partial charge is 0.238 e. The number of amides is 1. The van der Waals surface area contributed by atoms with Crippen molar-refractivity contribution in [3.63, 3.8) is 0 Å². The van der Waals surface area contributed by atoms with Crippen LogP contribution in [0.3, 0.4) is 0 Å². The molecule has 1 aliphatic rings. The molecule has 0 spiro atoms. The molecule has 0 saturated carbocycles. The molecule has 1 saturated heterocycles. The maximum absolute atomic E-state index is 13.4. The molecule has 104 valence electrons. The lowest BCUT2D eigenvalue weighted by Gasteiger charge is -2.34. The number of nitrogens with zero attached hydrogens (tertiary/aromatic N) is 1. The maximum atomic E-state index is 13.4. The molecule has 1 fully saturated rings. The van der Waals surface area contributed by atoms with Gasteiger partial charge in [-0.3, -0.25) is 9.69 Å². The highest BCUT2D eigenvalue weighted by Gasteiger charge is 2.22. The lowest BCUT2D eigenvalue weighted by molar-refractivity contribution is -0.118. The van der Waals surface area contributed by atoms with E-state index in [2.05, 4.69) is 17.1 Å². The van der Waals surface area contributed by atoms with Crippen LogP contribution in [0.1, 0.15) is 32.6 Å². The first kappa shape index (κ1) is 14.0. The number of anilines is 1. The third-order valence-corrected chi connectivity index (χ3v) is 3.71. The number of para-hydroxylation sites is 1. The van der Waals surface area contributed by atoms with Gasteiger partial charge >= 0.3 is 0 Å². The molecule has 0 bridgehead atoms. The molecule has 4 heteroatoms. The summed E-state index contributed by atoms with van der Waals surface area (Å²) in [6, 6.07) is 6.75. The summed E-state index contributed by atoms with van der Waals surface area (Å²) in [6.07, 6.45) is 4.60. The molecule has 0 radical (unpaired) electrons. The van der Waals surface area contributed by atoms with Crippen molar-refractivity contribution in [1.29, 1.82) is 0 Å². The van der Waals surface area contributed by atoms with Crippen molar-refractivity contribution >= 4 is 11.6 Å². The van der Waals surface area contributed by atoms with Crippen LogP contribution < -0.4 is 5.32 Å². The Morgan fingerprint density at radius 2 is 2.21 bits per heavy atom. The second-order valence-corrected chi connectivity index (χ2v) is 5.06. The van der Waals surface area contributed by atoms with Crippen LogP contribution in [0.2, 0.25) is 0 Å². The minimum absolute atomic E-state index is 0.134. The van der Waals surface area contributed by atoms with Gasteiger partial charge in [-0.2, -0.15) is 0 Å². The molecule has 1 aliphatic heterocycles. The molecule has 0 aromatic heterocycles. The fraction of sp³-hybridized carbons (Fsp3) is 0.533. The first-order chi connectivity index (χ1) is 9.20. The molecule has 19 heavy (non-hydrogen) atoms. The zero-order valence-corrected chi connectivity index (χ0v) is 11.4. The van der Waals surface area contributed by atoms with Gasteiger partial charge in [0.15, 0.2) is 0 Å². The molecule has 1 amide bonds. The van der Waals surface area contributed by atoms with Gasteiger partial charge in [0, 0.05) is 6.04 Å². The minimum atomic E-state index is -0.387.